The van der Waals surface area contributed by atoms with Crippen LogP contribution in [0.3, 0.4) is 0 Å². The number of halogens is 2. The minimum Gasteiger partial charge on any atom is -0.481 e. The van der Waals surface area contributed by atoms with E-state index in [2.05, 4.69) is 15.9 Å². The summed E-state index contributed by atoms with van der Waals surface area (Å²) in [6, 6.07) is -0.611. The zero-order chi connectivity index (χ0) is 14.8. The molecule has 0 saturated heterocycles. The van der Waals surface area contributed by atoms with Gasteiger partial charge in [-0.15, -0.1) is 11.3 Å². The third-order valence-electron chi connectivity index (χ3n) is 1.86. The van der Waals surface area contributed by atoms with Gasteiger partial charge in [-0.3, -0.25) is 9.59 Å². The molecular weight excluding hydrogens is 386 g/mol. The number of hydrogen-bond donors (Lipinski definition) is 3. The van der Waals surface area contributed by atoms with Gasteiger partial charge < -0.3 is 10.2 Å². The molecule has 0 fully saturated rings. The Morgan fingerprint density at radius 2 is 2.05 bits per heavy atom. The molecule has 0 aromatic carbocycles. The van der Waals surface area contributed by atoms with Crippen LogP contribution in [0.1, 0.15) is 6.42 Å². The van der Waals surface area contributed by atoms with Gasteiger partial charge >= 0.3 is 11.9 Å². The van der Waals surface area contributed by atoms with Crippen LogP contribution in [0.25, 0.3) is 0 Å². The van der Waals surface area contributed by atoms with Crippen LogP contribution in [0, 0.1) is 0 Å². The van der Waals surface area contributed by atoms with Crippen LogP contribution in [-0.2, 0) is 19.6 Å². The molecule has 19 heavy (non-hydrogen) atoms. The van der Waals surface area contributed by atoms with E-state index in [-0.39, 0.29) is 9.23 Å². The molecule has 1 aromatic rings. The van der Waals surface area contributed by atoms with E-state index in [0.717, 1.165) is 17.4 Å². The summed E-state index contributed by atoms with van der Waals surface area (Å²) in [7, 11) is -4.14. The lowest BCUT2D eigenvalue weighted by molar-refractivity contribution is -0.145. The van der Waals surface area contributed by atoms with Gasteiger partial charge in [0.05, 0.1) is 15.2 Å². The average Bonchev–Trinajstić information content (AvgIpc) is 2.58. The zero-order valence-corrected chi connectivity index (χ0v) is 12.9. The molecule has 0 bridgehead atoms. The molecule has 0 amide bonds. The Hall–Kier alpha value is -0.680. The van der Waals surface area contributed by atoms with Crippen LogP contribution in [-0.4, -0.2) is 36.6 Å². The van der Waals surface area contributed by atoms with Crippen molar-refractivity contribution in [2.45, 2.75) is 16.7 Å². The number of carbonyl (C=O) groups is 2. The Kier molecular flexibility index (Phi) is 5.33. The second kappa shape index (κ2) is 6.18. The number of carboxylic acid groups (broad SMARTS) is 2. The van der Waals surface area contributed by atoms with Crippen LogP contribution < -0.4 is 4.72 Å². The summed E-state index contributed by atoms with van der Waals surface area (Å²) in [6.45, 7) is 0. The van der Waals surface area contributed by atoms with Crippen LogP contribution in [0.5, 0.6) is 0 Å². The first kappa shape index (κ1) is 16.4. The normalized spacial score (nSPS) is 13.2. The molecule has 0 radical (unpaired) electrons. The van der Waals surface area contributed by atoms with Crippen LogP contribution in [0.4, 0.5) is 0 Å². The average molecular weight is 393 g/mol. The zero-order valence-electron chi connectivity index (χ0n) is 8.96. The molecule has 3 N–H and O–H groups in total. The maximum Gasteiger partial charge on any atom is 0.322 e. The summed E-state index contributed by atoms with van der Waals surface area (Å²) < 4.78 is 25.7. The highest BCUT2D eigenvalue weighted by Crippen LogP contribution is 2.34. The van der Waals surface area contributed by atoms with E-state index in [1.54, 1.807) is 4.72 Å². The lowest BCUT2D eigenvalue weighted by Gasteiger charge is -2.11. The minimum atomic E-state index is -4.14. The molecule has 106 valence electrons. The SMILES string of the molecule is O=C(O)C[C@H](NS(=O)(=O)c1cc(Cl)c(Br)s1)C(=O)O. The number of carboxylic acids is 2. The lowest BCUT2D eigenvalue weighted by atomic mass is 10.2. The van der Waals surface area contributed by atoms with Crippen LogP contribution in [0.15, 0.2) is 14.1 Å². The largest absolute Gasteiger partial charge is 0.481 e. The van der Waals surface area contributed by atoms with Gasteiger partial charge in [-0.25, -0.2) is 8.42 Å². The van der Waals surface area contributed by atoms with Gasteiger partial charge in [-0.2, -0.15) is 4.72 Å². The second-order valence-corrected chi connectivity index (χ2v) is 8.02. The van der Waals surface area contributed by atoms with E-state index in [9.17, 15) is 18.0 Å². The highest BCUT2D eigenvalue weighted by molar-refractivity contribution is 9.11. The molecule has 7 nitrogen and oxygen atoms in total. The molecule has 1 rings (SSSR count). The van der Waals surface area contributed by atoms with Gasteiger partial charge in [0.25, 0.3) is 10.0 Å². The molecular formula is C8H7BrClNO6S2. The van der Waals surface area contributed by atoms with Crippen molar-refractivity contribution in [3.05, 3.63) is 14.9 Å². The highest BCUT2D eigenvalue weighted by Gasteiger charge is 2.29. The van der Waals surface area contributed by atoms with Crippen molar-refractivity contribution in [1.29, 1.82) is 0 Å². The van der Waals surface area contributed by atoms with Gasteiger partial charge in [-0.05, 0) is 22.0 Å². The Morgan fingerprint density at radius 1 is 1.47 bits per heavy atom. The fourth-order valence-electron chi connectivity index (χ4n) is 1.06. The Balaban J connectivity index is 3.00. The number of rotatable bonds is 6. The van der Waals surface area contributed by atoms with Crippen LogP contribution in [0.2, 0.25) is 5.02 Å². The van der Waals surface area contributed by atoms with Gasteiger partial charge in [0.15, 0.2) is 0 Å². The predicted molar refractivity (Wildman–Crippen MR) is 71.0 cm³/mol. The number of sulfonamides is 1. The summed E-state index contributed by atoms with van der Waals surface area (Å²) in [4.78, 5) is 21.3. The second-order valence-electron chi connectivity index (χ2n) is 3.30. The molecule has 1 heterocycles. The van der Waals surface area contributed by atoms with E-state index in [4.69, 9.17) is 21.8 Å². The Morgan fingerprint density at radius 3 is 2.42 bits per heavy atom. The van der Waals surface area contributed by atoms with E-state index in [1.807, 2.05) is 0 Å². The number of nitrogens with one attached hydrogen (secondary N) is 1. The molecule has 0 aliphatic carbocycles. The van der Waals surface area contributed by atoms with Crippen LogP contribution >= 0.6 is 38.9 Å². The van der Waals surface area contributed by atoms with Crippen molar-refractivity contribution in [2.75, 3.05) is 0 Å². The summed E-state index contributed by atoms with van der Waals surface area (Å²) in [5.74, 6) is -3.01. The summed E-state index contributed by atoms with van der Waals surface area (Å²) >= 11 is 9.50. The lowest BCUT2D eigenvalue weighted by Crippen LogP contribution is -2.41. The first-order valence-electron chi connectivity index (χ1n) is 4.55. The van der Waals surface area contributed by atoms with E-state index in [0.29, 0.717) is 3.79 Å². The molecule has 1 aromatic heterocycles. The van der Waals surface area contributed by atoms with Gasteiger partial charge in [0, 0.05) is 0 Å². The highest BCUT2D eigenvalue weighted by atomic mass is 79.9. The van der Waals surface area contributed by atoms with E-state index in [1.165, 1.54) is 0 Å². The molecule has 1 atom stereocenters. The van der Waals surface area contributed by atoms with Crippen molar-refractivity contribution in [3.8, 4) is 0 Å². The molecule has 0 aliphatic rings. The maximum absolute atomic E-state index is 11.9. The summed E-state index contributed by atoms with van der Waals surface area (Å²) in [5.41, 5.74) is 0. The third-order valence-corrected chi connectivity index (χ3v) is 6.28. The van der Waals surface area contributed by atoms with Crippen molar-refractivity contribution in [2.24, 2.45) is 0 Å². The number of aliphatic carboxylic acids is 2. The van der Waals surface area contributed by atoms with Crippen molar-refractivity contribution < 1.29 is 28.2 Å². The topological polar surface area (TPSA) is 121 Å². The fraction of sp³-hybridized carbons (Fsp3) is 0.250. The molecule has 0 aliphatic heterocycles. The maximum atomic E-state index is 11.9. The molecule has 0 spiro atoms. The van der Waals surface area contributed by atoms with Gasteiger partial charge in [-0.1, -0.05) is 11.6 Å². The van der Waals surface area contributed by atoms with E-state index >= 15 is 0 Å². The number of thiophene rings is 1. The Bertz CT molecular complexity index is 593. The monoisotopic (exact) mass is 391 g/mol. The summed E-state index contributed by atoms with van der Waals surface area (Å²) in [6.07, 6.45) is -0.866. The molecule has 0 saturated carbocycles. The quantitative estimate of drug-likeness (QED) is 0.672. The number of hydrogen-bond acceptors (Lipinski definition) is 5. The van der Waals surface area contributed by atoms with Gasteiger partial charge in [0.2, 0.25) is 0 Å². The molecule has 0 unspecified atom stereocenters. The smallest absolute Gasteiger partial charge is 0.322 e. The first-order valence-corrected chi connectivity index (χ1v) is 8.02. The minimum absolute atomic E-state index is 0.162. The van der Waals surface area contributed by atoms with Crippen molar-refractivity contribution >= 4 is 60.8 Å². The van der Waals surface area contributed by atoms with Gasteiger partial charge in [0.1, 0.15) is 10.3 Å². The van der Waals surface area contributed by atoms with Crippen molar-refractivity contribution in [1.82, 2.24) is 4.72 Å². The predicted octanol–water partition coefficient (Wildman–Crippen LogP) is 1.37. The van der Waals surface area contributed by atoms with Crippen molar-refractivity contribution in [3.63, 3.8) is 0 Å². The van der Waals surface area contributed by atoms with E-state index < -0.39 is 34.4 Å². The fourth-order valence-corrected chi connectivity index (χ4v) is 4.66. The standard InChI is InChI=1S/C8H7BrClNO6S2/c9-7-3(10)1-6(18-7)19(16,17)11-4(8(14)15)2-5(12)13/h1,4,11H,2H2,(H,12,13)(H,14,15)/t4-/m0/s1. The Labute approximate surface area is 125 Å². The summed E-state index contributed by atoms with van der Waals surface area (Å²) in [5, 5.41) is 17.5. The third kappa shape index (κ3) is 4.42. The molecule has 11 heteroatoms. The first-order chi connectivity index (χ1) is 8.63.